The van der Waals surface area contributed by atoms with Crippen LogP contribution in [0.25, 0.3) is 10.6 Å². The number of hydrogen-bond acceptors (Lipinski definition) is 5. The molecule has 5 nitrogen and oxygen atoms in total. The standard InChI is InChI=1S/C14H15ClN4OS.ClH/c15-11-4-2-1-3-10(11)13-18-19-14(21-13)17-12(20)8-16-7-9-5-6-9;/h1-4,9,16H,5-8H2,(H,17,19,20);1H. The molecule has 1 aromatic heterocycles. The zero-order chi connectivity index (χ0) is 14.7. The summed E-state index contributed by atoms with van der Waals surface area (Å²) >= 11 is 7.43. The van der Waals surface area contributed by atoms with E-state index in [1.807, 2.05) is 18.2 Å². The fourth-order valence-electron chi connectivity index (χ4n) is 1.89. The van der Waals surface area contributed by atoms with E-state index in [4.69, 9.17) is 11.6 Å². The molecule has 1 amide bonds. The SMILES string of the molecule is Cl.O=C(CNCC1CC1)Nc1nnc(-c2ccccc2Cl)s1. The molecule has 2 aromatic rings. The van der Waals surface area contributed by atoms with Crippen molar-refractivity contribution in [2.24, 2.45) is 5.92 Å². The van der Waals surface area contributed by atoms with Crippen molar-refractivity contribution in [3.8, 4) is 10.6 Å². The Morgan fingerprint density at radius 3 is 2.82 bits per heavy atom. The molecule has 0 unspecified atom stereocenters. The van der Waals surface area contributed by atoms with Crippen molar-refractivity contribution in [2.45, 2.75) is 12.8 Å². The van der Waals surface area contributed by atoms with Crippen molar-refractivity contribution in [1.82, 2.24) is 15.5 Å². The normalized spacial score (nSPS) is 13.5. The van der Waals surface area contributed by atoms with Gasteiger partial charge in [0.05, 0.1) is 11.6 Å². The quantitative estimate of drug-likeness (QED) is 0.831. The van der Waals surface area contributed by atoms with Gasteiger partial charge in [-0.15, -0.1) is 22.6 Å². The first-order valence-corrected chi connectivity index (χ1v) is 8.01. The van der Waals surface area contributed by atoms with Gasteiger partial charge in [0.1, 0.15) is 0 Å². The molecule has 1 fully saturated rings. The van der Waals surface area contributed by atoms with Gasteiger partial charge >= 0.3 is 0 Å². The molecule has 22 heavy (non-hydrogen) atoms. The number of nitrogens with zero attached hydrogens (tertiary/aromatic N) is 2. The summed E-state index contributed by atoms with van der Waals surface area (Å²) in [5.41, 5.74) is 0.823. The predicted octanol–water partition coefficient (Wildman–Crippen LogP) is 3.22. The van der Waals surface area contributed by atoms with Gasteiger partial charge in [0.25, 0.3) is 0 Å². The van der Waals surface area contributed by atoms with Crippen LogP contribution < -0.4 is 10.6 Å². The maximum atomic E-state index is 11.8. The number of anilines is 1. The van der Waals surface area contributed by atoms with Crippen molar-refractivity contribution in [1.29, 1.82) is 0 Å². The predicted molar refractivity (Wildman–Crippen MR) is 91.8 cm³/mol. The van der Waals surface area contributed by atoms with Crippen molar-refractivity contribution >= 4 is 46.4 Å². The van der Waals surface area contributed by atoms with E-state index < -0.39 is 0 Å². The van der Waals surface area contributed by atoms with E-state index >= 15 is 0 Å². The minimum atomic E-state index is -0.0995. The van der Waals surface area contributed by atoms with Gasteiger partial charge in [-0.25, -0.2) is 0 Å². The van der Waals surface area contributed by atoms with Gasteiger partial charge in [-0.05, 0) is 31.4 Å². The number of hydrogen-bond donors (Lipinski definition) is 2. The number of benzene rings is 1. The second kappa shape index (κ2) is 7.87. The van der Waals surface area contributed by atoms with Gasteiger partial charge < -0.3 is 5.32 Å². The van der Waals surface area contributed by atoms with Gasteiger partial charge in [0.15, 0.2) is 5.01 Å². The lowest BCUT2D eigenvalue weighted by molar-refractivity contribution is -0.115. The van der Waals surface area contributed by atoms with Crippen molar-refractivity contribution in [2.75, 3.05) is 18.4 Å². The van der Waals surface area contributed by atoms with Gasteiger partial charge in [-0.2, -0.15) is 0 Å². The summed E-state index contributed by atoms with van der Waals surface area (Å²) in [6, 6.07) is 7.44. The zero-order valence-corrected chi connectivity index (χ0v) is 14.1. The number of rotatable bonds is 6. The maximum absolute atomic E-state index is 11.8. The van der Waals surface area contributed by atoms with Gasteiger partial charge in [0, 0.05) is 5.56 Å². The molecule has 1 heterocycles. The molecule has 1 saturated carbocycles. The molecule has 3 rings (SSSR count). The molecule has 8 heteroatoms. The first-order chi connectivity index (χ1) is 10.2. The lowest BCUT2D eigenvalue weighted by Crippen LogP contribution is -2.29. The Hall–Kier alpha value is -1.21. The highest BCUT2D eigenvalue weighted by Crippen LogP contribution is 2.31. The van der Waals surface area contributed by atoms with Crippen LogP contribution >= 0.6 is 35.3 Å². The van der Waals surface area contributed by atoms with Crippen LogP contribution in [0.5, 0.6) is 0 Å². The third-order valence-corrected chi connectivity index (χ3v) is 4.39. The van der Waals surface area contributed by atoms with Crippen LogP contribution in [0, 0.1) is 5.92 Å². The second-order valence-electron chi connectivity index (χ2n) is 5.01. The summed E-state index contributed by atoms with van der Waals surface area (Å²) in [7, 11) is 0. The number of nitrogens with one attached hydrogen (secondary N) is 2. The number of carbonyl (C=O) groups is 1. The second-order valence-corrected chi connectivity index (χ2v) is 6.40. The zero-order valence-electron chi connectivity index (χ0n) is 11.7. The van der Waals surface area contributed by atoms with Crippen molar-refractivity contribution in [3.05, 3.63) is 29.3 Å². The molecule has 0 aliphatic heterocycles. The molecule has 1 aromatic carbocycles. The highest BCUT2D eigenvalue weighted by atomic mass is 35.5. The molecule has 0 atom stereocenters. The Kier molecular flexibility index (Phi) is 6.14. The monoisotopic (exact) mass is 358 g/mol. The Labute approximate surface area is 143 Å². The lowest BCUT2D eigenvalue weighted by Gasteiger charge is -2.02. The van der Waals surface area contributed by atoms with Crippen molar-refractivity contribution < 1.29 is 4.79 Å². The first-order valence-electron chi connectivity index (χ1n) is 6.81. The van der Waals surface area contributed by atoms with E-state index in [2.05, 4.69) is 20.8 Å². The first kappa shape index (κ1) is 17.1. The van der Waals surface area contributed by atoms with Gasteiger partial charge in [0.2, 0.25) is 11.0 Å². The number of amides is 1. The summed E-state index contributed by atoms with van der Waals surface area (Å²) in [6.07, 6.45) is 2.54. The third kappa shape index (κ3) is 4.64. The smallest absolute Gasteiger partial charge is 0.240 e. The maximum Gasteiger partial charge on any atom is 0.240 e. The van der Waals surface area contributed by atoms with Gasteiger partial charge in [-0.1, -0.05) is 41.1 Å². The van der Waals surface area contributed by atoms with E-state index in [0.29, 0.717) is 21.7 Å². The van der Waals surface area contributed by atoms with Crippen LogP contribution in [0.2, 0.25) is 5.02 Å². The van der Waals surface area contributed by atoms with E-state index in [-0.39, 0.29) is 18.3 Å². The van der Waals surface area contributed by atoms with Crippen LogP contribution in [0.3, 0.4) is 0 Å². The molecule has 0 spiro atoms. The molecule has 0 bridgehead atoms. The molecule has 1 aliphatic carbocycles. The van der Waals surface area contributed by atoms with Crippen LogP contribution in [-0.2, 0) is 4.79 Å². The molecule has 118 valence electrons. The van der Waals surface area contributed by atoms with E-state index in [1.54, 1.807) is 6.07 Å². The number of halogens is 2. The van der Waals surface area contributed by atoms with Gasteiger partial charge in [-0.3, -0.25) is 10.1 Å². The summed E-state index contributed by atoms with van der Waals surface area (Å²) in [6.45, 7) is 1.21. The summed E-state index contributed by atoms with van der Waals surface area (Å²) < 4.78 is 0. The number of carbonyl (C=O) groups excluding carboxylic acids is 1. The van der Waals surface area contributed by atoms with Crippen molar-refractivity contribution in [3.63, 3.8) is 0 Å². The number of aromatic nitrogens is 2. The Morgan fingerprint density at radius 1 is 1.32 bits per heavy atom. The van der Waals surface area contributed by atoms with E-state index in [1.165, 1.54) is 24.2 Å². The minimum absolute atomic E-state index is 0. The molecular weight excluding hydrogens is 343 g/mol. The van der Waals surface area contributed by atoms with Crippen LogP contribution in [0.1, 0.15) is 12.8 Å². The van der Waals surface area contributed by atoms with Crippen LogP contribution in [0.4, 0.5) is 5.13 Å². The molecule has 0 saturated heterocycles. The van der Waals surface area contributed by atoms with E-state index in [9.17, 15) is 4.79 Å². The molecular formula is C14H16Cl2N4OS. The third-order valence-electron chi connectivity index (χ3n) is 3.19. The summed E-state index contributed by atoms with van der Waals surface area (Å²) in [5, 5.41) is 15.7. The minimum Gasteiger partial charge on any atom is -0.308 e. The molecule has 0 radical (unpaired) electrons. The Morgan fingerprint density at radius 2 is 2.09 bits per heavy atom. The molecule has 2 N–H and O–H groups in total. The summed E-state index contributed by atoms with van der Waals surface area (Å²) in [5.74, 6) is 0.656. The Bertz CT molecular complexity index is 645. The lowest BCUT2D eigenvalue weighted by atomic mass is 10.2. The fraction of sp³-hybridized carbons (Fsp3) is 0.357. The van der Waals surface area contributed by atoms with Crippen LogP contribution in [-0.4, -0.2) is 29.2 Å². The largest absolute Gasteiger partial charge is 0.308 e. The highest BCUT2D eigenvalue weighted by molar-refractivity contribution is 7.18. The topological polar surface area (TPSA) is 66.9 Å². The average molecular weight is 359 g/mol. The molecule has 1 aliphatic rings. The summed E-state index contributed by atoms with van der Waals surface area (Å²) in [4.78, 5) is 11.8. The highest BCUT2D eigenvalue weighted by Gasteiger charge is 2.20. The Balaban J connectivity index is 0.00000176. The average Bonchev–Trinajstić information content (AvgIpc) is 3.18. The van der Waals surface area contributed by atoms with Crippen LogP contribution in [0.15, 0.2) is 24.3 Å². The fourth-order valence-corrected chi connectivity index (χ4v) is 2.97. The van der Waals surface area contributed by atoms with E-state index in [0.717, 1.165) is 18.0 Å².